The molecule has 0 spiro atoms. The molecule has 4 aromatic rings. The SMILES string of the molecule is C[C]1[C](c2ccccc2)[C](c2ccccc2)[C](c2ccccc2)[C]1c1ccccc1. The summed E-state index contributed by atoms with van der Waals surface area (Å²) in [6.45, 7) is 2.27. The highest BCUT2D eigenvalue weighted by atomic mass is 14.5. The Morgan fingerprint density at radius 1 is 0.300 bits per heavy atom. The van der Waals surface area contributed by atoms with Crippen LogP contribution in [0.2, 0.25) is 0 Å². The lowest BCUT2D eigenvalue weighted by atomic mass is 9.75. The van der Waals surface area contributed by atoms with Crippen molar-refractivity contribution in [1.82, 2.24) is 0 Å². The molecule has 0 amide bonds. The molecule has 0 heteroatoms. The molecule has 4 aromatic carbocycles. The minimum atomic E-state index is 1.25. The summed E-state index contributed by atoms with van der Waals surface area (Å²) >= 11 is 0. The first-order chi connectivity index (χ1) is 14.8. The van der Waals surface area contributed by atoms with E-state index in [0.717, 1.165) is 0 Å². The molecule has 0 N–H and O–H groups in total. The summed E-state index contributed by atoms with van der Waals surface area (Å²) in [5.74, 6) is 6.58. The molecule has 0 unspecified atom stereocenters. The van der Waals surface area contributed by atoms with Gasteiger partial charge in [0.2, 0.25) is 0 Å². The fraction of sp³-hybridized carbons (Fsp3) is 0.0333. The average molecular weight is 384 g/mol. The Balaban J connectivity index is 1.73. The van der Waals surface area contributed by atoms with Gasteiger partial charge in [-0.1, -0.05) is 128 Å². The molecule has 0 saturated heterocycles. The van der Waals surface area contributed by atoms with Gasteiger partial charge in [-0.05, 0) is 28.2 Å². The normalized spacial score (nSPS) is 16.8. The van der Waals surface area contributed by atoms with Crippen LogP contribution in [0.15, 0.2) is 121 Å². The maximum Gasteiger partial charge on any atom is 0.0295 e. The molecule has 5 radical (unpaired) electrons. The predicted molar refractivity (Wildman–Crippen MR) is 124 cm³/mol. The van der Waals surface area contributed by atoms with Crippen molar-refractivity contribution in [2.24, 2.45) is 0 Å². The highest BCUT2D eigenvalue weighted by molar-refractivity contribution is 5.81. The van der Waals surface area contributed by atoms with Gasteiger partial charge in [-0.3, -0.25) is 0 Å². The number of benzene rings is 4. The van der Waals surface area contributed by atoms with Crippen molar-refractivity contribution in [3.05, 3.63) is 173 Å². The Morgan fingerprint density at radius 3 is 0.800 bits per heavy atom. The lowest BCUT2D eigenvalue weighted by Crippen LogP contribution is -2.16. The van der Waals surface area contributed by atoms with Crippen molar-refractivity contribution in [3.63, 3.8) is 0 Å². The molecule has 0 nitrogen and oxygen atoms in total. The summed E-state index contributed by atoms with van der Waals surface area (Å²) < 4.78 is 0. The maximum absolute atomic E-state index is 2.27. The van der Waals surface area contributed by atoms with Crippen LogP contribution in [0.3, 0.4) is 0 Å². The molecule has 30 heavy (non-hydrogen) atoms. The minimum Gasteiger partial charge on any atom is -0.0622 e. The van der Waals surface area contributed by atoms with Crippen molar-refractivity contribution in [3.8, 4) is 0 Å². The summed E-state index contributed by atoms with van der Waals surface area (Å²) in [5, 5.41) is 0. The maximum atomic E-state index is 2.27. The van der Waals surface area contributed by atoms with Gasteiger partial charge in [0, 0.05) is 23.7 Å². The molecule has 0 heterocycles. The van der Waals surface area contributed by atoms with Crippen LogP contribution < -0.4 is 0 Å². The predicted octanol–water partition coefficient (Wildman–Crippen LogP) is 7.09. The van der Waals surface area contributed by atoms with Crippen molar-refractivity contribution < 1.29 is 0 Å². The molecular formula is C30H23. The highest BCUT2D eigenvalue weighted by Crippen LogP contribution is 2.61. The summed E-state index contributed by atoms with van der Waals surface area (Å²) in [5.41, 5.74) is 5.02. The molecule has 0 aromatic heterocycles. The molecule has 0 aliphatic heterocycles. The zero-order valence-corrected chi connectivity index (χ0v) is 17.0. The van der Waals surface area contributed by atoms with E-state index in [9.17, 15) is 0 Å². The second kappa shape index (κ2) is 8.32. The van der Waals surface area contributed by atoms with Crippen molar-refractivity contribution in [2.75, 3.05) is 0 Å². The van der Waals surface area contributed by atoms with E-state index in [1.54, 1.807) is 0 Å². The number of hydrogen-bond acceptors (Lipinski definition) is 0. The third-order valence-electron chi connectivity index (χ3n) is 5.75. The largest absolute Gasteiger partial charge is 0.0622 e. The van der Waals surface area contributed by atoms with Crippen molar-refractivity contribution >= 4 is 0 Å². The lowest BCUT2D eigenvalue weighted by Gasteiger charge is -2.26. The van der Waals surface area contributed by atoms with Crippen LogP contribution in [0.4, 0.5) is 0 Å². The molecule has 0 bridgehead atoms. The number of hydrogen-bond donors (Lipinski definition) is 0. The zero-order chi connectivity index (χ0) is 20.3. The van der Waals surface area contributed by atoms with E-state index in [1.165, 1.54) is 51.8 Å². The second-order valence-electron chi connectivity index (χ2n) is 7.59. The number of rotatable bonds is 4. The Morgan fingerprint density at radius 2 is 0.533 bits per heavy atom. The fourth-order valence-electron chi connectivity index (χ4n) is 4.47. The summed E-state index contributed by atoms with van der Waals surface area (Å²) in [7, 11) is 0. The first-order valence-corrected chi connectivity index (χ1v) is 10.4. The topological polar surface area (TPSA) is 0 Å². The third-order valence-corrected chi connectivity index (χ3v) is 5.75. The average Bonchev–Trinajstić information content (AvgIpc) is 3.14. The van der Waals surface area contributed by atoms with Crippen LogP contribution >= 0.6 is 0 Å². The molecule has 143 valence electrons. The fourth-order valence-corrected chi connectivity index (χ4v) is 4.47. The van der Waals surface area contributed by atoms with Gasteiger partial charge in [0.15, 0.2) is 0 Å². The molecule has 5 rings (SSSR count). The van der Waals surface area contributed by atoms with Crippen molar-refractivity contribution in [1.29, 1.82) is 0 Å². The van der Waals surface area contributed by atoms with Crippen LogP contribution in [0.1, 0.15) is 29.2 Å². The van der Waals surface area contributed by atoms with Gasteiger partial charge >= 0.3 is 0 Å². The van der Waals surface area contributed by atoms with Crippen LogP contribution in [0.25, 0.3) is 0 Å². The monoisotopic (exact) mass is 383 g/mol. The van der Waals surface area contributed by atoms with E-state index in [4.69, 9.17) is 0 Å². The molecule has 1 aliphatic rings. The Kier molecular flexibility index (Phi) is 5.24. The molecular weight excluding hydrogens is 360 g/mol. The lowest BCUT2D eigenvalue weighted by molar-refractivity contribution is 1.02. The van der Waals surface area contributed by atoms with E-state index in [1.807, 2.05) is 0 Å². The Bertz CT molecular complexity index is 965. The third kappa shape index (κ3) is 3.37. The summed E-state index contributed by atoms with van der Waals surface area (Å²) in [6, 6.07) is 43.1. The Hall–Kier alpha value is -3.12. The van der Waals surface area contributed by atoms with Gasteiger partial charge in [0.1, 0.15) is 0 Å². The van der Waals surface area contributed by atoms with Crippen LogP contribution in [-0.2, 0) is 0 Å². The van der Waals surface area contributed by atoms with Gasteiger partial charge in [-0.25, -0.2) is 0 Å². The van der Waals surface area contributed by atoms with E-state index in [2.05, 4.69) is 128 Å². The van der Waals surface area contributed by atoms with Crippen LogP contribution in [-0.4, -0.2) is 0 Å². The molecule has 1 aliphatic carbocycles. The molecule has 0 atom stereocenters. The van der Waals surface area contributed by atoms with Crippen LogP contribution in [0.5, 0.6) is 0 Å². The van der Waals surface area contributed by atoms with Gasteiger partial charge < -0.3 is 0 Å². The van der Waals surface area contributed by atoms with E-state index in [-0.39, 0.29) is 0 Å². The van der Waals surface area contributed by atoms with Gasteiger partial charge in [0.25, 0.3) is 0 Å². The summed E-state index contributed by atoms with van der Waals surface area (Å²) in [6.07, 6.45) is 0. The van der Waals surface area contributed by atoms with E-state index in [0.29, 0.717) is 0 Å². The second-order valence-corrected chi connectivity index (χ2v) is 7.59. The van der Waals surface area contributed by atoms with Gasteiger partial charge in [-0.15, -0.1) is 0 Å². The van der Waals surface area contributed by atoms with Crippen molar-refractivity contribution in [2.45, 2.75) is 6.92 Å². The van der Waals surface area contributed by atoms with Crippen LogP contribution in [0, 0.1) is 29.6 Å². The Labute approximate surface area is 180 Å². The smallest absolute Gasteiger partial charge is 0.0295 e. The zero-order valence-electron chi connectivity index (χ0n) is 17.0. The first kappa shape index (κ1) is 18.9. The quantitative estimate of drug-likeness (QED) is 0.353. The minimum absolute atomic E-state index is 1.25. The van der Waals surface area contributed by atoms with E-state index >= 15 is 0 Å². The first-order valence-electron chi connectivity index (χ1n) is 10.4. The molecule has 1 fully saturated rings. The van der Waals surface area contributed by atoms with E-state index < -0.39 is 0 Å². The highest BCUT2D eigenvalue weighted by Gasteiger charge is 2.52. The molecule has 1 saturated carbocycles. The summed E-state index contributed by atoms with van der Waals surface area (Å²) in [4.78, 5) is 0. The standard InChI is InChI=1S/C30H23/c1-22-27(23-14-6-2-7-15-23)29(25-18-10-4-11-19-25)30(26-20-12-5-13-21-26)28(22)24-16-8-3-9-17-24/h2-21H,1H3. The van der Waals surface area contributed by atoms with Gasteiger partial charge in [-0.2, -0.15) is 0 Å². The van der Waals surface area contributed by atoms with Gasteiger partial charge in [0.05, 0.1) is 0 Å².